The van der Waals surface area contributed by atoms with Gasteiger partial charge in [0.05, 0.1) is 5.60 Å². The van der Waals surface area contributed by atoms with Crippen LogP contribution in [0.2, 0.25) is 0 Å². The predicted octanol–water partition coefficient (Wildman–Crippen LogP) is 2.16. The van der Waals surface area contributed by atoms with E-state index in [4.69, 9.17) is 9.47 Å². The molecule has 3 fully saturated rings. The van der Waals surface area contributed by atoms with Crippen molar-refractivity contribution in [3.05, 3.63) is 0 Å². The van der Waals surface area contributed by atoms with Gasteiger partial charge in [-0.3, -0.25) is 9.69 Å². The standard InChI is InChI=1S/C16H27NO3/c1-13(18)11-14-3-2-7-17(14)15-4-8-20-16(12-15)5-9-19-10-6-16/h14-15H,2-12H2,1H3. The molecule has 0 N–H and O–H groups in total. The zero-order valence-corrected chi connectivity index (χ0v) is 12.6. The first-order valence-corrected chi connectivity index (χ1v) is 8.15. The van der Waals surface area contributed by atoms with Crippen LogP contribution >= 0.6 is 0 Å². The van der Waals surface area contributed by atoms with Gasteiger partial charge >= 0.3 is 0 Å². The predicted molar refractivity (Wildman–Crippen MR) is 76.8 cm³/mol. The van der Waals surface area contributed by atoms with Gasteiger partial charge in [-0.2, -0.15) is 0 Å². The van der Waals surface area contributed by atoms with Gasteiger partial charge in [-0.05, 0) is 52.0 Å². The Kier molecular flexibility index (Phi) is 4.43. The maximum Gasteiger partial charge on any atom is 0.131 e. The number of likely N-dealkylation sites (tertiary alicyclic amines) is 1. The van der Waals surface area contributed by atoms with Crippen molar-refractivity contribution in [2.75, 3.05) is 26.4 Å². The van der Waals surface area contributed by atoms with Crippen molar-refractivity contribution in [1.82, 2.24) is 4.90 Å². The zero-order valence-electron chi connectivity index (χ0n) is 12.6. The Hall–Kier alpha value is -0.450. The summed E-state index contributed by atoms with van der Waals surface area (Å²) >= 11 is 0. The van der Waals surface area contributed by atoms with E-state index in [9.17, 15) is 4.79 Å². The van der Waals surface area contributed by atoms with E-state index in [0.717, 1.165) is 58.5 Å². The highest BCUT2D eigenvalue weighted by Gasteiger charge is 2.42. The third-order valence-electron chi connectivity index (χ3n) is 5.29. The monoisotopic (exact) mass is 281 g/mol. The third kappa shape index (κ3) is 3.07. The summed E-state index contributed by atoms with van der Waals surface area (Å²) in [5.41, 5.74) is 0.0600. The lowest BCUT2D eigenvalue weighted by Gasteiger charge is -2.46. The van der Waals surface area contributed by atoms with E-state index in [0.29, 0.717) is 17.9 Å². The minimum absolute atomic E-state index is 0.0600. The van der Waals surface area contributed by atoms with E-state index in [1.807, 2.05) is 0 Å². The molecule has 20 heavy (non-hydrogen) atoms. The van der Waals surface area contributed by atoms with E-state index in [2.05, 4.69) is 4.90 Å². The Balaban J connectivity index is 1.65. The summed E-state index contributed by atoms with van der Waals surface area (Å²) in [6.45, 7) is 5.43. The summed E-state index contributed by atoms with van der Waals surface area (Å²) in [7, 11) is 0. The molecule has 3 heterocycles. The fraction of sp³-hybridized carbons (Fsp3) is 0.938. The topological polar surface area (TPSA) is 38.8 Å². The summed E-state index contributed by atoms with van der Waals surface area (Å²) in [6.07, 6.45) is 7.48. The van der Waals surface area contributed by atoms with Gasteiger partial charge < -0.3 is 9.47 Å². The number of hydrogen-bond acceptors (Lipinski definition) is 4. The minimum Gasteiger partial charge on any atom is -0.381 e. The molecule has 0 saturated carbocycles. The van der Waals surface area contributed by atoms with Crippen LogP contribution in [-0.2, 0) is 14.3 Å². The second kappa shape index (κ2) is 6.12. The van der Waals surface area contributed by atoms with Crippen LogP contribution in [0.4, 0.5) is 0 Å². The molecule has 114 valence electrons. The number of carbonyl (C=O) groups is 1. The molecule has 3 aliphatic heterocycles. The molecular formula is C16H27NO3. The van der Waals surface area contributed by atoms with Gasteiger partial charge in [-0.1, -0.05) is 0 Å². The largest absolute Gasteiger partial charge is 0.381 e. The van der Waals surface area contributed by atoms with E-state index in [1.54, 1.807) is 6.92 Å². The summed E-state index contributed by atoms with van der Waals surface area (Å²) < 4.78 is 11.6. The maximum absolute atomic E-state index is 11.5. The fourth-order valence-electron chi connectivity index (χ4n) is 4.27. The molecule has 3 saturated heterocycles. The molecule has 3 rings (SSSR count). The van der Waals surface area contributed by atoms with Crippen molar-refractivity contribution in [2.45, 2.75) is 69.6 Å². The second-order valence-corrected chi connectivity index (χ2v) is 6.73. The van der Waals surface area contributed by atoms with Crippen LogP contribution in [0, 0.1) is 0 Å². The van der Waals surface area contributed by atoms with Gasteiger partial charge in [-0.15, -0.1) is 0 Å². The van der Waals surface area contributed by atoms with Gasteiger partial charge in [0.25, 0.3) is 0 Å². The molecule has 2 atom stereocenters. The number of nitrogens with zero attached hydrogens (tertiary/aromatic N) is 1. The quantitative estimate of drug-likeness (QED) is 0.794. The van der Waals surface area contributed by atoms with E-state index in [1.165, 1.54) is 12.8 Å². The first-order chi connectivity index (χ1) is 9.69. The van der Waals surface area contributed by atoms with E-state index < -0.39 is 0 Å². The van der Waals surface area contributed by atoms with Gasteiger partial charge in [0.15, 0.2) is 0 Å². The summed E-state index contributed by atoms with van der Waals surface area (Å²) in [5, 5.41) is 0. The molecule has 0 aromatic carbocycles. The van der Waals surface area contributed by atoms with Crippen LogP contribution in [0.25, 0.3) is 0 Å². The summed E-state index contributed by atoms with van der Waals surface area (Å²) in [6, 6.07) is 1.08. The average molecular weight is 281 g/mol. The first kappa shape index (κ1) is 14.5. The normalized spacial score (nSPS) is 34.5. The number of Topliss-reactive ketones (excluding diaryl/α,β-unsaturated/α-hetero) is 1. The van der Waals surface area contributed by atoms with Crippen LogP contribution in [0.1, 0.15) is 51.9 Å². The van der Waals surface area contributed by atoms with Gasteiger partial charge in [-0.25, -0.2) is 0 Å². The lowest BCUT2D eigenvalue weighted by molar-refractivity contribution is -0.152. The average Bonchev–Trinajstić information content (AvgIpc) is 2.87. The molecule has 0 bridgehead atoms. The van der Waals surface area contributed by atoms with Crippen molar-refractivity contribution < 1.29 is 14.3 Å². The SMILES string of the molecule is CC(=O)CC1CCCN1C1CCOC2(CCOCC2)C1. The first-order valence-electron chi connectivity index (χ1n) is 8.15. The molecule has 0 amide bonds. The van der Waals surface area contributed by atoms with Crippen LogP contribution in [-0.4, -0.2) is 54.7 Å². The number of ketones is 1. The smallest absolute Gasteiger partial charge is 0.131 e. The number of hydrogen-bond donors (Lipinski definition) is 0. The highest BCUT2D eigenvalue weighted by atomic mass is 16.5. The lowest BCUT2D eigenvalue weighted by atomic mass is 9.83. The molecule has 0 aromatic heterocycles. The van der Waals surface area contributed by atoms with Crippen LogP contribution < -0.4 is 0 Å². The molecule has 2 unspecified atom stereocenters. The van der Waals surface area contributed by atoms with Gasteiger partial charge in [0.2, 0.25) is 0 Å². The van der Waals surface area contributed by atoms with E-state index in [-0.39, 0.29) is 5.60 Å². The van der Waals surface area contributed by atoms with Crippen molar-refractivity contribution in [3.8, 4) is 0 Å². The van der Waals surface area contributed by atoms with Crippen molar-refractivity contribution >= 4 is 5.78 Å². The molecule has 0 aliphatic carbocycles. The molecular weight excluding hydrogens is 254 g/mol. The maximum atomic E-state index is 11.5. The highest BCUT2D eigenvalue weighted by Crippen LogP contribution is 2.38. The summed E-state index contributed by atoms with van der Waals surface area (Å²) in [4.78, 5) is 14.1. The van der Waals surface area contributed by atoms with Crippen LogP contribution in [0.15, 0.2) is 0 Å². The number of rotatable bonds is 3. The summed E-state index contributed by atoms with van der Waals surface area (Å²) in [5.74, 6) is 0.328. The third-order valence-corrected chi connectivity index (χ3v) is 5.29. The Bertz CT molecular complexity index is 346. The molecule has 0 aromatic rings. The Morgan fingerprint density at radius 1 is 1.25 bits per heavy atom. The number of carbonyl (C=O) groups excluding carboxylic acids is 1. The molecule has 0 radical (unpaired) electrons. The highest BCUT2D eigenvalue weighted by molar-refractivity contribution is 5.76. The second-order valence-electron chi connectivity index (χ2n) is 6.73. The van der Waals surface area contributed by atoms with Crippen LogP contribution in [0.5, 0.6) is 0 Å². The van der Waals surface area contributed by atoms with E-state index >= 15 is 0 Å². The van der Waals surface area contributed by atoms with Crippen molar-refractivity contribution in [1.29, 1.82) is 0 Å². The molecule has 4 nitrogen and oxygen atoms in total. The zero-order chi connectivity index (χ0) is 14.0. The lowest BCUT2D eigenvalue weighted by Crippen LogP contribution is -2.52. The molecule has 1 spiro atoms. The van der Waals surface area contributed by atoms with Crippen molar-refractivity contribution in [2.24, 2.45) is 0 Å². The van der Waals surface area contributed by atoms with Crippen molar-refractivity contribution in [3.63, 3.8) is 0 Å². The Morgan fingerprint density at radius 3 is 2.80 bits per heavy atom. The van der Waals surface area contributed by atoms with Gasteiger partial charge in [0, 0.05) is 38.3 Å². The number of ether oxygens (including phenoxy) is 2. The van der Waals surface area contributed by atoms with Crippen LogP contribution in [0.3, 0.4) is 0 Å². The van der Waals surface area contributed by atoms with Gasteiger partial charge in [0.1, 0.15) is 5.78 Å². The molecule has 3 aliphatic rings. The minimum atomic E-state index is 0.0600. The Labute approximate surface area is 121 Å². The Morgan fingerprint density at radius 2 is 2.05 bits per heavy atom. The fourth-order valence-corrected chi connectivity index (χ4v) is 4.27. The molecule has 4 heteroatoms.